The molecule has 1 aliphatic rings. The highest BCUT2D eigenvalue weighted by molar-refractivity contribution is 5.79. The first kappa shape index (κ1) is 15.3. The zero-order valence-electron chi connectivity index (χ0n) is 12.5. The Hall–Kier alpha value is -0.770. The Labute approximate surface area is 112 Å². The molecule has 1 fully saturated rings. The standard InChI is InChI=1S/C14H30N4/c1-12-6-8-13(9-7-12)17-14(15-2)16-10-5-11-18(3)4/h12-13H,5-11H2,1-4H3,(H2,15,16,17). The monoisotopic (exact) mass is 254 g/mol. The average molecular weight is 254 g/mol. The molecule has 1 aliphatic carbocycles. The summed E-state index contributed by atoms with van der Waals surface area (Å²) in [5.74, 6) is 1.87. The van der Waals surface area contributed by atoms with Crippen molar-refractivity contribution in [3.63, 3.8) is 0 Å². The van der Waals surface area contributed by atoms with Crippen molar-refractivity contribution < 1.29 is 0 Å². The van der Waals surface area contributed by atoms with Gasteiger partial charge in [-0.05, 0) is 58.7 Å². The van der Waals surface area contributed by atoms with Crippen LogP contribution in [0.1, 0.15) is 39.0 Å². The number of nitrogens with zero attached hydrogens (tertiary/aromatic N) is 2. The van der Waals surface area contributed by atoms with E-state index in [1.807, 2.05) is 7.05 Å². The van der Waals surface area contributed by atoms with Gasteiger partial charge in [-0.3, -0.25) is 4.99 Å². The molecule has 0 aromatic rings. The van der Waals surface area contributed by atoms with E-state index in [4.69, 9.17) is 0 Å². The Balaban J connectivity index is 2.17. The fourth-order valence-electron chi connectivity index (χ4n) is 2.39. The predicted molar refractivity (Wildman–Crippen MR) is 79.1 cm³/mol. The van der Waals surface area contributed by atoms with E-state index in [1.165, 1.54) is 25.7 Å². The van der Waals surface area contributed by atoms with Gasteiger partial charge in [0.1, 0.15) is 0 Å². The van der Waals surface area contributed by atoms with Gasteiger partial charge in [-0.15, -0.1) is 0 Å². The van der Waals surface area contributed by atoms with Crippen LogP contribution in [0, 0.1) is 5.92 Å². The molecule has 0 spiro atoms. The second kappa shape index (κ2) is 8.35. The summed E-state index contributed by atoms with van der Waals surface area (Å²) in [5.41, 5.74) is 0. The van der Waals surface area contributed by atoms with Crippen molar-refractivity contribution in [1.82, 2.24) is 15.5 Å². The second-order valence-electron chi connectivity index (χ2n) is 5.76. The predicted octanol–water partition coefficient (Wildman–Crippen LogP) is 1.68. The molecule has 0 bridgehead atoms. The lowest BCUT2D eigenvalue weighted by molar-refractivity contribution is 0.329. The molecule has 1 saturated carbocycles. The van der Waals surface area contributed by atoms with Crippen LogP contribution in [0.15, 0.2) is 4.99 Å². The first-order valence-corrected chi connectivity index (χ1v) is 7.23. The third kappa shape index (κ3) is 6.24. The highest BCUT2D eigenvalue weighted by Crippen LogP contribution is 2.23. The van der Waals surface area contributed by atoms with Crippen LogP contribution in [-0.2, 0) is 0 Å². The van der Waals surface area contributed by atoms with E-state index in [2.05, 4.69) is 41.5 Å². The molecule has 4 heteroatoms. The average Bonchev–Trinajstić information content (AvgIpc) is 2.35. The molecule has 106 valence electrons. The van der Waals surface area contributed by atoms with E-state index >= 15 is 0 Å². The Kier molecular flexibility index (Phi) is 7.09. The third-order valence-corrected chi connectivity index (χ3v) is 3.65. The zero-order chi connectivity index (χ0) is 13.4. The van der Waals surface area contributed by atoms with Gasteiger partial charge in [0.25, 0.3) is 0 Å². The van der Waals surface area contributed by atoms with Gasteiger partial charge in [-0.25, -0.2) is 0 Å². The fourth-order valence-corrected chi connectivity index (χ4v) is 2.39. The number of aliphatic imine (C=N–C) groups is 1. The Morgan fingerprint density at radius 2 is 1.89 bits per heavy atom. The minimum atomic E-state index is 0.612. The minimum absolute atomic E-state index is 0.612. The molecule has 0 amide bonds. The highest BCUT2D eigenvalue weighted by Gasteiger charge is 2.18. The van der Waals surface area contributed by atoms with Gasteiger partial charge in [-0.1, -0.05) is 6.92 Å². The topological polar surface area (TPSA) is 39.7 Å². The first-order chi connectivity index (χ1) is 8.61. The van der Waals surface area contributed by atoms with Crippen LogP contribution in [0.25, 0.3) is 0 Å². The summed E-state index contributed by atoms with van der Waals surface area (Å²) in [7, 11) is 6.07. The summed E-state index contributed by atoms with van der Waals surface area (Å²) in [5, 5.41) is 6.94. The SMILES string of the molecule is CN=C(NCCCN(C)C)NC1CCC(C)CC1. The number of hydrogen-bond donors (Lipinski definition) is 2. The molecule has 0 heterocycles. The van der Waals surface area contributed by atoms with Crippen LogP contribution in [-0.4, -0.2) is 51.1 Å². The molecule has 1 rings (SSSR count). The first-order valence-electron chi connectivity index (χ1n) is 7.23. The van der Waals surface area contributed by atoms with Gasteiger partial charge < -0.3 is 15.5 Å². The smallest absolute Gasteiger partial charge is 0.191 e. The summed E-state index contributed by atoms with van der Waals surface area (Å²) >= 11 is 0. The van der Waals surface area contributed by atoms with Gasteiger partial charge >= 0.3 is 0 Å². The molecular formula is C14H30N4. The molecule has 0 atom stereocenters. The van der Waals surface area contributed by atoms with Crippen LogP contribution >= 0.6 is 0 Å². The summed E-state index contributed by atoms with van der Waals surface area (Å²) in [6, 6.07) is 0.612. The maximum absolute atomic E-state index is 4.30. The lowest BCUT2D eigenvalue weighted by Gasteiger charge is -2.28. The zero-order valence-corrected chi connectivity index (χ0v) is 12.5. The van der Waals surface area contributed by atoms with E-state index in [-0.39, 0.29) is 0 Å². The number of nitrogens with one attached hydrogen (secondary N) is 2. The highest BCUT2D eigenvalue weighted by atomic mass is 15.2. The van der Waals surface area contributed by atoms with E-state index in [9.17, 15) is 0 Å². The molecule has 0 radical (unpaired) electrons. The molecule has 0 aromatic heterocycles. The Morgan fingerprint density at radius 1 is 1.22 bits per heavy atom. The molecule has 0 unspecified atom stereocenters. The van der Waals surface area contributed by atoms with Gasteiger partial charge in [0.05, 0.1) is 0 Å². The second-order valence-corrected chi connectivity index (χ2v) is 5.76. The van der Waals surface area contributed by atoms with E-state index in [0.717, 1.165) is 31.4 Å². The number of hydrogen-bond acceptors (Lipinski definition) is 2. The van der Waals surface area contributed by atoms with Gasteiger partial charge in [0, 0.05) is 19.6 Å². The van der Waals surface area contributed by atoms with Crippen LogP contribution in [0.2, 0.25) is 0 Å². The molecule has 4 nitrogen and oxygen atoms in total. The fraction of sp³-hybridized carbons (Fsp3) is 0.929. The van der Waals surface area contributed by atoms with Crippen molar-refractivity contribution in [3.05, 3.63) is 0 Å². The molecule has 0 aliphatic heterocycles. The number of rotatable bonds is 5. The van der Waals surface area contributed by atoms with Crippen molar-refractivity contribution in [2.75, 3.05) is 34.2 Å². The molecule has 0 saturated heterocycles. The molecule has 0 aromatic carbocycles. The van der Waals surface area contributed by atoms with Crippen LogP contribution in [0.3, 0.4) is 0 Å². The van der Waals surface area contributed by atoms with Crippen molar-refractivity contribution in [1.29, 1.82) is 0 Å². The van der Waals surface area contributed by atoms with E-state index in [0.29, 0.717) is 6.04 Å². The Morgan fingerprint density at radius 3 is 2.44 bits per heavy atom. The van der Waals surface area contributed by atoms with E-state index < -0.39 is 0 Å². The normalized spacial score (nSPS) is 25.3. The van der Waals surface area contributed by atoms with Crippen molar-refractivity contribution in [3.8, 4) is 0 Å². The minimum Gasteiger partial charge on any atom is -0.356 e. The lowest BCUT2D eigenvalue weighted by atomic mass is 9.87. The van der Waals surface area contributed by atoms with E-state index in [1.54, 1.807) is 0 Å². The van der Waals surface area contributed by atoms with Crippen LogP contribution in [0.4, 0.5) is 0 Å². The van der Waals surface area contributed by atoms with Crippen molar-refractivity contribution in [2.45, 2.75) is 45.1 Å². The summed E-state index contributed by atoms with van der Waals surface area (Å²) < 4.78 is 0. The summed E-state index contributed by atoms with van der Waals surface area (Å²) in [4.78, 5) is 6.51. The quantitative estimate of drug-likeness (QED) is 0.445. The van der Waals surface area contributed by atoms with Crippen LogP contribution in [0.5, 0.6) is 0 Å². The van der Waals surface area contributed by atoms with Gasteiger partial charge in [0.15, 0.2) is 5.96 Å². The Bertz CT molecular complexity index is 242. The third-order valence-electron chi connectivity index (χ3n) is 3.65. The van der Waals surface area contributed by atoms with Crippen molar-refractivity contribution in [2.24, 2.45) is 10.9 Å². The van der Waals surface area contributed by atoms with Crippen molar-refractivity contribution >= 4 is 5.96 Å². The molecule has 2 N–H and O–H groups in total. The summed E-state index contributed by atoms with van der Waals surface area (Å²) in [6.45, 7) is 4.45. The molecule has 18 heavy (non-hydrogen) atoms. The largest absolute Gasteiger partial charge is 0.356 e. The lowest BCUT2D eigenvalue weighted by Crippen LogP contribution is -2.45. The van der Waals surface area contributed by atoms with Gasteiger partial charge in [0.2, 0.25) is 0 Å². The maximum Gasteiger partial charge on any atom is 0.191 e. The summed E-state index contributed by atoms with van der Waals surface area (Å²) in [6.07, 6.45) is 6.39. The number of guanidine groups is 1. The van der Waals surface area contributed by atoms with Gasteiger partial charge in [-0.2, -0.15) is 0 Å². The maximum atomic E-state index is 4.30. The molecular weight excluding hydrogens is 224 g/mol. The van der Waals surface area contributed by atoms with Crippen LogP contribution < -0.4 is 10.6 Å².